The molecule has 80 valence electrons. The number of carbonyl (C=O) groups excluding carboxylic acids is 1. The number of hydrogen-bond donors (Lipinski definition) is 1. The van der Waals surface area contributed by atoms with E-state index in [1.165, 1.54) is 0 Å². The van der Waals surface area contributed by atoms with Gasteiger partial charge in [-0.05, 0) is 12.8 Å². The predicted molar refractivity (Wildman–Crippen MR) is 53.8 cm³/mol. The Morgan fingerprint density at radius 2 is 1.92 bits per heavy atom. The minimum atomic E-state index is 0.143. The molecule has 0 aliphatic rings. The van der Waals surface area contributed by atoms with E-state index in [9.17, 15) is 4.79 Å². The van der Waals surface area contributed by atoms with E-state index in [4.69, 9.17) is 9.84 Å². The summed E-state index contributed by atoms with van der Waals surface area (Å²) >= 11 is 0. The molecule has 13 heavy (non-hydrogen) atoms. The number of rotatable bonds is 7. The number of ether oxygens (including phenoxy) is 1. The monoisotopic (exact) mass is 190 g/mol. The summed E-state index contributed by atoms with van der Waals surface area (Å²) in [6, 6.07) is 0. The van der Waals surface area contributed by atoms with Gasteiger partial charge in [-0.2, -0.15) is 0 Å². The zero-order chi connectivity index (χ0) is 10.4. The van der Waals surface area contributed by atoms with E-state index in [0.717, 1.165) is 32.2 Å². The highest BCUT2D eigenvalue weighted by Gasteiger charge is 1.82. The van der Waals surface area contributed by atoms with Crippen LogP contribution in [-0.2, 0) is 9.53 Å². The molecule has 0 unspecified atom stereocenters. The predicted octanol–water partition coefficient (Wildman–Crippen LogP) is 1.78. The van der Waals surface area contributed by atoms with Crippen LogP contribution in [0.5, 0.6) is 0 Å². The number of aliphatic hydroxyl groups is 1. The van der Waals surface area contributed by atoms with Crippen molar-refractivity contribution in [2.75, 3.05) is 19.8 Å². The standard InChI is InChI=1S/C6H14O2.C4H8O/c1-2-3-5-8-6-4-7;1-2-3-4-5/h7H,2-6H2,1H3;4H,2-3H2,1H3. The van der Waals surface area contributed by atoms with Crippen LogP contribution in [0.2, 0.25) is 0 Å². The molecule has 0 aromatic carbocycles. The Morgan fingerprint density at radius 1 is 1.23 bits per heavy atom. The first-order chi connectivity index (χ1) is 6.33. The van der Waals surface area contributed by atoms with Gasteiger partial charge in [0.15, 0.2) is 0 Å². The Labute approximate surface area is 81.1 Å². The molecule has 3 heteroatoms. The van der Waals surface area contributed by atoms with Gasteiger partial charge >= 0.3 is 0 Å². The van der Waals surface area contributed by atoms with Crippen LogP contribution in [-0.4, -0.2) is 31.2 Å². The number of aldehydes is 1. The summed E-state index contributed by atoms with van der Waals surface area (Å²) in [5.74, 6) is 0. The van der Waals surface area contributed by atoms with Crippen molar-refractivity contribution < 1.29 is 14.6 Å². The Morgan fingerprint density at radius 3 is 2.23 bits per heavy atom. The van der Waals surface area contributed by atoms with E-state index in [2.05, 4.69) is 6.92 Å². The summed E-state index contributed by atoms with van der Waals surface area (Å²) < 4.78 is 4.97. The molecule has 0 aromatic heterocycles. The number of hydrogen-bond acceptors (Lipinski definition) is 3. The van der Waals surface area contributed by atoms with Gasteiger partial charge in [0, 0.05) is 13.0 Å². The molecular formula is C10H22O3. The molecule has 0 amide bonds. The first kappa shape index (κ1) is 15.1. The maximum absolute atomic E-state index is 9.40. The number of unbranched alkanes of at least 4 members (excludes halogenated alkanes) is 2. The SMILES string of the molecule is CCCC=O.CCCCOCCO. The highest BCUT2D eigenvalue weighted by Crippen LogP contribution is 1.85. The van der Waals surface area contributed by atoms with Crippen molar-refractivity contribution in [2.24, 2.45) is 0 Å². The maximum Gasteiger partial charge on any atom is 0.119 e. The number of aliphatic hydroxyl groups excluding tert-OH is 1. The van der Waals surface area contributed by atoms with Crippen LogP contribution in [0.15, 0.2) is 0 Å². The van der Waals surface area contributed by atoms with Crippen molar-refractivity contribution in [1.82, 2.24) is 0 Å². The normalized spacial score (nSPS) is 8.85. The van der Waals surface area contributed by atoms with Crippen LogP contribution in [0, 0.1) is 0 Å². The lowest BCUT2D eigenvalue weighted by atomic mass is 10.4. The van der Waals surface area contributed by atoms with E-state index in [0.29, 0.717) is 13.0 Å². The second-order valence-corrected chi connectivity index (χ2v) is 2.64. The average Bonchev–Trinajstić information content (AvgIpc) is 2.15. The fourth-order valence-electron chi connectivity index (χ4n) is 0.531. The van der Waals surface area contributed by atoms with Crippen LogP contribution in [0.25, 0.3) is 0 Å². The molecule has 0 radical (unpaired) electrons. The largest absolute Gasteiger partial charge is 0.394 e. The molecule has 3 nitrogen and oxygen atoms in total. The van der Waals surface area contributed by atoms with Gasteiger partial charge < -0.3 is 14.6 Å². The molecule has 0 rings (SSSR count). The van der Waals surface area contributed by atoms with Gasteiger partial charge in [0.1, 0.15) is 6.29 Å². The number of carbonyl (C=O) groups is 1. The summed E-state index contributed by atoms with van der Waals surface area (Å²) in [6.45, 7) is 5.51. The second-order valence-electron chi connectivity index (χ2n) is 2.64. The highest BCUT2D eigenvalue weighted by atomic mass is 16.5. The van der Waals surface area contributed by atoms with Crippen molar-refractivity contribution in [3.05, 3.63) is 0 Å². The Bertz CT molecular complexity index is 78.2. The minimum Gasteiger partial charge on any atom is -0.394 e. The van der Waals surface area contributed by atoms with E-state index in [1.54, 1.807) is 0 Å². The van der Waals surface area contributed by atoms with Crippen molar-refractivity contribution in [3.8, 4) is 0 Å². The van der Waals surface area contributed by atoms with E-state index >= 15 is 0 Å². The van der Waals surface area contributed by atoms with Gasteiger partial charge in [-0.3, -0.25) is 0 Å². The summed E-state index contributed by atoms with van der Waals surface area (Å²) in [7, 11) is 0. The summed E-state index contributed by atoms with van der Waals surface area (Å²) in [4.78, 5) is 9.40. The van der Waals surface area contributed by atoms with Gasteiger partial charge in [0.25, 0.3) is 0 Å². The molecule has 1 N–H and O–H groups in total. The summed E-state index contributed by atoms with van der Waals surface area (Å²) in [5, 5.41) is 8.24. The lowest BCUT2D eigenvalue weighted by Crippen LogP contribution is -1.99. The highest BCUT2D eigenvalue weighted by molar-refractivity contribution is 5.48. The second kappa shape index (κ2) is 17.6. The molecule has 0 atom stereocenters. The molecule has 0 heterocycles. The average molecular weight is 190 g/mol. The molecule has 0 bridgehead atoms. The molecule has 0 fully saturated rings. The lowest BCUT2D eigenvalue weighted by molar-refractivity contribution is -0.107. The molecule has 0 aliphatic heterocycles. The van der Waals surface area contributed by atoms with Crippen LogP contribution >= 0.6 is 0 Å². The van der Waals surface area contributed by atoms with Crippen LogP contribution in [0.1, 0.15) is 39.5 Å². The first-order valence-electron chi connectivity index (χ1n) is 4.95. The van der Waals surface area contributed by atoms with Gasteiger partial charge in [-0.1, -0.05) is 20.3 Å². The van der Waals surface area contributed by atoms with Crippen molar-refractivity contribution in [3.63, 3.8) is 0 Å². The Balaban J connectivity index is 0. The van der Waals surface area contributed by atoms with Crippen LogP contribution < -0.4 is 0 Å². The zero-order valence-electron chi connectivity index (χ0n) is 8.79. The molecule has 0 saturated carbocycles. The fraction of sp³-hybridized carbons (Fsp3) is 0.900. The van der Waals surface area contributed by atoms with Crippen molar-refractivity contribution in [1.29, 1.82) is 0 Å². The molecular weight excluding hydrogens is 168 g/mol. The van der Waals surface area contributed by atoms with Gasteiger partial charge in [-0.25, -0.2) is 0 Å². The zero-order valence-corrected chi connectivity index (χ0v) is 8.79. The quantitative estimate of drug-likeness (QED) is 0.491. The minimum absolute atomic E-state index is 0.143. The third kappa shape index (κ3) is 24.5. The van der Waals surface area contributed by atoms with Gasteiger partial charge in [-0.15, -0.1) is 0 Å². The molecule has 0 aliphatic carbocycles. The van der Waals surface area contributed by atoms with Crippen molar-refractivity contribution >= 4 is 6.29 Å². The lowest BCUT2D eigenvalue weighted by Gasteiger charge is -1.97. The Hall–Kier alpha value is -0.410. The van der Waals surface area contributed by atoms with Crippen LogP contribution in [0.4, 0.5) is 0 Å². The van der Waals surface area contributed by atoms with Crippen LogP contribution in [0.3, 0.4) is 0 Å². The van der Waals surface area contributed by atoms with E-state index in [1.807, 2.05) is 6.92 Å². The molecule has 0 spiro atoms. The molecule has 0 saturated heterocycles. The fourth-order valence-corrected chi connectivity index (χ4v) is 0.531. The third-order valence-corrected chi connectivity index (χ3v) is 1.28. The van der Waals surface area contributed by atoms with Gasteiger partial charge in [0.2, 0.25) is 0 Å². The molecule has 0 aromatic rings. The smallest absolute Gasteiger partial charge is 0.119 e. The first-order valence-corrected chi connectivity index (χ1v) is 4.95. The summed E-state index contributed by atoms with van der Waals surface area (Å²) in [5.41, 5.74) is 0. The third-order valence-electron chi connectivity index (χ3n) is 1.28. The van der Waals surface area contributed by atoms with E-state index < -0.39 is 0 Å². The van der Waals surface area contributed by atoms with E-state index in [-0.39, 0.29) is 6.61 Å². The van der Waals surface area contributed by atoms with Gasteiger partial charge in [0.05, 0.1) is 13.2 Å². The maximum atomic E-state index is 9.40. The Kier molecular flexibility index (Phi) is 20.4. The summed E-state index contributed by atoms with van der Waals surface area (Å²) in [6.07, 6.45) is 4.87. The van der Waals surface area contributed by atoms with Crippen molar-refractivity contribution in [2.45, 2.75) is 39.5 Å². The topological polar surface area (TPSA) is 46.5 Å².